The molecule has 3 nitrogen and oxygen atoms in total. The van der Waals surface area contributed by atoms with E-state index in [2.05, 4.69) is 5.32 Å². The molecule has 2 rings (SSSR count). The summed E-state index contributed by atoms with van der Waals surface area (Å²) in [6.07, 6.45) is -0.672. The fraction of sp³-hybridized carbons (Fsp3) is 0.235. The highest BCUT2D eigenvalue weighted by atomic mass is 19.1. The highest BCUT2D eigenvalue weighted by Crippen LogP contribution is 2.21. The Morgan fingerprint density at radius 3 is 2.67 bits per heavy atom. The number of amides is 1. The predicted octanol–water partition coefficient (Wildman–Crippen LogP) is 3.85. The van der Waals surface area contributed by atoms with E-state index < -0.39 is 11.9 Å². The second-order valence-electron chi connectivity index (χ2n) is 5.03. The zero-order valence-electron chi connectivity index (χ0n) is 12.3. The Kier molecular flexibility index (Phi) is 4.58. The number of halogens is 1. The SMILES string of the molecule is Cc1ccc(C)c(O[C@H](C)C(=O)Nc2cccc(F)c2)c1. The molecule has 110 valence electrons. The number of nitrogens with one attached hydrogen (secondary N) is 1. The minimum absolute atomic E-state index is 0.318. The van der Waals surface area contributed by atoms with Gasteiger partial charge in [0, 0.05) is 5.69 Å². The van der Waals surface area contributed by atoms with Crippen molar-refractivity contribution in [2.75, 3.05) is 5.32 Å². The number of anilines is 1. The molecule has 21 heavy (non-hydrogen) atoms. The van der Waals surface area contributed by atoms with Gasteiger partial charge in [0.05, 0.1) is 0 Å². The number of hydrogen-bond donors (Lipinski definition) is 1. The molecule has 0 radical (unpaired) electrons. The minimum Gasteiger partial charge on any atom is -0.481 e. The maximum atomic E-state index is 13.1. The Labute approximate surface area is 123 Å². The molecule has 1 N–H and O–H groups in total. The molecule has 0 aliphatic heterocycles. The average molecular weight is 287 g/mol. The number of aryl methyl sites for hydroxylation is 2. The summed E-state index contributed by atoms with van der Waals surface area (Å²) < 4.78 is 18.8. The van der Waals surface area contributed by atoms with E-state index in [1.54, 1.807) is 19.1 Å². The first-order valence-electron chi connectivity index (χ1n) is 6.76. The van der Waals surface area contributed by atoms with E-state index in [0.29, 0.717) is 11.4 Å². The topological polar surface area (TPSA) is 38.3 Å². The molecule has 4 heteroatoms. The summed E-state index contributed by atoms with van der Waals surface area (Å²) in [5.41, 5.74) is 2.44. The fourth-order valence-electron chi connectivity index (χ4n) is 1.89. The zero-order chi connectivity index (χ0) is 15.4. The molecule has 0 heterocycles. The van der Waals surface area contributed by atoms with E-state index in [1.807, 2.05) is 32.0 Å². The van der Waals surface area contributed by atoms with Gasteiger partial charge in [-0.15, -0.1) is 0 Å². The maximum absolute atomic E-state index is 13.1. The quantitative estimate of drug-likeness (QED) is 0.927. The summed E-state index contributed by atoms with van der Waals surface area (Å²) in [5, 5.41) is 2.63. The summed E-state index contributed by atoms with van der Waals surface area (Å²) >= 11 is 0. The van der Waals surface area contributed by atoms with Crippen LogP contribution < -0.4 is 10.1 Å². The van der Waals surface area contributed by atoms with Crippen LogP contribution in [0.3, 0.4) is 0 Å². The van der Waals surface area contributed by atoms with Gasteiger partial charge < -0.3 is 10.1 Å². The summed E-state index contributed by atoms with van der Waals surface area (Å²) in [7, 11) is 0. The van der Waals surface area contributed by atoms with Crippen LogP contribution in [-0.4, -0.2) is 12.0 Å². The van der Waals surface area contributed by atoms with E-state index in [1.165, 1.54) is 12.1 Å². The standard InChI is InChI=1S/C17H18FNO2/c1-11-7-8-12(2)16(9-11)21-13(3)17(20)19-15-6-4-5-14(18)10-15/h4-10,13H,1-3H3,(H,19,20)/t13-/m1/s1. The molecule has 0 saturated heterocycles. The van der Waals surface area contributed by atoms with Crippen molar-refractivity contribution in [1.82, 2.24) is 0 Å². The minimum atomic E-state index is -0.672. The number of carbonyl (C=O) groups is 1. The van der Waals surface area contributed by atoms with E-state index in [9.17, 15) is 9.18 Å². The van der Waals surface area contributed by atoms with Crippen molar-refractivity contribution in [2.45, 2.75) is 26.9 Å². The number of rotatable bonds is 4. The van der Waals surface area contributed by atoms with Crippen molar-refractivity contribution >= 4 is 11.6 Å². The lowest BCUT2D eigenvalue weighted by Crippen LogP contribution is -2.30. The molecule has 1 amide bonds. The smallest absolute Gasteiger partial charge is 0.265 e. The van der Waals surface area contributed by atoms with Crippen molar-refractivity contribution in [3.63, 3.8) is 0 Å². The van der Waals surface area contributed by atoms with Crippen LogP contribution in [0.4, 0.5) is 10.1 Å². The molecule has 0 unspecified atom stereocenters. The van der Waals surface area contributed by atoms with Gasteiger partial charge in [0.15, 0.2) is 6.10 Å². The summed E-state index contributed by atoms with van der Waals surface area (Å²) in [4.78, 5) is 12.1. The summed E-state index contributed by atoms with van der Waals surface area (Å²) in [5.74, 6) is -0.0331. The van der Waals surface area contributed by atoms with Crippen molar-refractivity contribution < 1.29 is 13.9 Å². The summed E-state index contributed by atoms with van der Waals surface area (Å²) in [6, 6.07) is 11.6. The molecule has 0 fully saturated rings. The monoisotopic (exact) mass is 287 g/mol. The number of ether oxygens (including phenoxy) is 1. The maximum Gasteiger partial charge on any atom is 0.265 e. The van der Waals surface area contributed by atoms with E-state index in [-0.39, 0.29) is 5.91 Å². The first-order chi connectivity index (χ1) is 9.95. The molecule has 0 aliphatic carbocycles. The highest BCUT2D eigenvalue weighted by molar-refractivity contribution is 5.94. The van der Waals surface area contributed by atoms with Gasteiger partial charge in [-0.2, -0.15) is 0 Å². The van der Waals surface area contributed by atoms with Crippen LogP contribution in [-0.2, 0) is 4.79 Å². The predicted molar refractivity (Wildman–Crippen MR) is 81.0 cm³/mol. The normalized spacial score (nSPS) is 11.8. The van der Waals surface area contributed by atoms with Gasteiger partial charge in [-0.25, -0.2) is 4.39 Å². The second-order valence-corrected chi connectivity index (χ2v) is 5.03. The number of carbonyl (C=O) groups excluding carboxylic acids is 1. The zero-order valence-corrected chi connectivity index (χ0v) is 12.3. The average Bonchev–Trinajstić information content (AvgIpc) is 2.43. The van der Waals surface area contributed by atoms with Crippen molar-refractivity contribution in [3.05, 3.63) is 59.4 Å². The Balaban J connectivity index is 2.04. The van der Waals surface area contributed by atoms with Gasteiger partial charge in [-0.1, -0.05) is 18.2 Å². The Morgan fingerprint density at radius 1 is 1.19 bits per heavy atom. The van der Waals surface area contributed by atoms with Gasteiger partial charge in [-0.05, 0) is 56.2 Å². The Bertz CT molecular complexity index is 655. The number of benzene rings is 2. The first-order valence-corrected chi connectivity index (χ1v) is 6.76. The molecule has 0 bridgehead atoms. The van der Waals surface area contributed by atoms with Crippen LogP contribution in [0.5, 0.6) is 5.75 Å². The van der Waals surface area contributed by atoms with Crippen LogP contribution in [0.2, 0.25) is 0 Å². The molecule has 2 aromatic carbocycles. The molecule has 2 aromatic rings. The lowest BCUT2D eigenvalue weighted by molar-refractivity contribution is -0.122. The highest BCUT2D eigenvalue weighted by Gasteiger charge is 2.16. The van der Waals surface area contributed by atoms with E-state index in [4.69, 9.17) is 4.74 Å². The molecule has 0 aliphatic rings. The van der Waals surface area contributed by atoms with Crippen LogP contribution in [0, 0.1) is 19.7 Å². The lowest BCUT2D eigenvalue weighted by atomic mass is 10.1. The third kappa shape index (κ3) is 4.05. The third-order valence-electron chi connectivity index (χ3n) is 3.11. The third-order valence-corrected chi connectivity index (χ3v) is 3.11. The van der Waals surface area contributed by atoms with Gasteiger partial charge in [0.2, 0.25) is 0 Å². The Morgan fingerprint density at radius 2 is 1.95 bits per heavy atom. The summed E-state index contributed by atoms with van der Waals surface area (Å²) in [6.45, 7) is 5.55. The van der Waals surface area contributed by atoms with Gasteiger partial charge >= 0.3 is 0 Å². The molecular weight excluding hydrogens is 269 g/mol. The largest absolute Gasteiger partial charge is 0.481 e. The molecule has 0 aromatic heterocycles. The molecule has 1 atom stereocenters. The van der Waals surface area contributed by atoms with E-state index >= 15 is 0 Å². The van der Waals surface area contributed by atoms with Gasteiger partial charge in [0.25, 0.3) is 5.91 Å². The fourth-order valence-corrected chi connectivity index (χ4v) is 1.89. The van der Waals surface area contributed by atoms with Gasteiger partial charge in [0.1, 0.15) is 11.6 Å². The first kappa shape index (κ1) is 15.0. The van der Waals surface area contributed by atoms with Crippen LogP contribution in [0.25, 0.3) is 0 Å². The second kappa shape index (κ2) is 6.39. The molecule has 0 saturated carbocycles. The van der Waals surface area contributed by atoms with Crippen molar-refractivity contribution in [3.8, 4) is 5.75 Å². The van der Waals surface area contributed by atoms with Gasteiger partial charge in [-0.3, -0.25) is 4.79 Å². The van der Waals surface area contributed by atoms with E-state index in [0.717, 1.165) is 11.1 Å². The molecule has 0 spiro atoms. The van der Waals surface area contributed by atoms with Crippen LogP contribution in [0.1, 0.15) is 18.1 Å². The number of hydrogen-bond acceptors (Lipinski definition) is 2. The van der Waals surface area contributed by atoms with Crippen LogP contribution in [0.15, 0.2) is 42.5 Å². The van der Waals surface area contributed by atoms with Crippen LogP contribution >= 0.6 is 0 Å². The van der Waals surface area contributed by atoms with Crippen molar-refractivity contribution in [2.24, 2.45) is 0 Å². The Hall–Kier alpha value is -2.36. The van der Waals surface area contributed by atoms with Crippen molar-refractivity contribution in [1.29, 1.82) is 0 Å². The lowest BCUT2D eigenvalue weighted by Gasteiger charge is -2.16. The molecular formula is C17H18FNO2.